The molecule has 2 heterocycles. The van der Waals surface area contributed by atoms with E-state index in [1.165, 1.54) is 47.2 Å². The standard InChI is InChI=1S/C24H34N/c1-7-10-13-19-14-15-21-20(17-19)22-18(4)12-11-16-25(22)24(6,9-3)23(21,5)8-2/h11-12,14-17H,7-10,13H2,1-6H3/q+1. The molecule has 3 rings (SSSR count). The second-order valence-corrected chi connectivity index (χ2v) is 8.21. The number of hydrogen-bond donors (Lipinski definition) is 0. The van der Waals surface area contributed by atoms with Crippen LogP contribution in [0.3, 0.4) is 0 Å². The zero-order valence-electron chi connectivity index (χ0n) is 16.9. The largest absolute Gasteiger partial charge is 0.216 e. The van der Waals surface area contributed by atoms with Crippen LogP contribution in [-0.4, -0.2) is 0 Å². The third-order valence-corrected chi connectivity index (χ3v) is 7.06. The van der Waals surface area contributed by atoms with Gasteiger partial charge in [-0.3, -0.25) is 0 Å². The summed E-state index contributed by atoms with van der Waals surface area (Å²) >= 11 is 0. The maximum atomic E-state index is 2.58. The first-order valence-electron chi connectivity index (χ1n) is 10.1. The molecule has 1 aliphatic rings. The lowest BCUT2D eigenvalue weighted by Crippen LogP contribution is -2.67. The molecule has 0 radical (unpaired) electrons. The van der Waals surface area contributed by atoms with Crippen LogP contribution in [0, 0.1) is 6.92 Å². The Kier molecular flexibility index (Phi) is 4.79. The number of aryl methyl sites for hydroxylation is 2. The zero-order valence-corrected chi connectivity index (χ0v) is 16.9. The maximum Gasteiger partial charge on any atom is 0.216 e. The van der Waals surface area contributed by atoms with Crippen molar-refractivity contribution >= 4 is 0 Å². The van der Waals surface area contributed by atoms with E-state index in [1.54, 1.807) is 0 Å². The Bertz CT molecular complexity index is 776. The first kappa shape index (κ1) is 18.2. The van der Waals surface area contributed by atoms with Gasteiger partial charge in [0, 0.05) is 25.0 Å². The van der Waals surface area contributed by atoms with Crippen LogP contribution >= 0.6 is 0 Å². The summed E-state index contributed by atoms with van der Waals surface area (Å²) in [6.45, 7) is 14.2. The number of hydrogen-bond acceptors (Lipinski definition) is 0. The summed E-state index contributed by atoms with van der Waals surface area (Å²) in [7, 11) is 0. The molecule has 1 nitrogen and oxygen atoms in total. The Morgan fingerprint density at radius 1 is 1.00 bits per heavy atom. The number of benzene rings is 1. The van der Waals surface area contributed by atoms with Crippen molar-refractivity contribution in [3.63, 3.8) is 0 Å². The van der Waals surface area contributed by atoms with Gasteiger partial charge in [-0.05, 0) is 56.4 Å². The highest BCUT2D eigenvalue weighted by Crippen LogP contribution is 2.50. The van der Waals surface area contributed by atoms with Crippen LogP contribution in [0.4, 0.5) is 0 Å². The summed E-state index contributed by atoms with van der Waals surface area (Å²) in [5.41, 5.74) is 7.53. The molecule has 2 unspecified atom stereocenters. The van der Waals surface area contributed by atoms with Crippen molar-refractivity contribution < 1.29 is 4.57 Å². The summed E-state index contributed by atoms with van der Waals surface area (Å²) in [5.74, 6) is 0. The Labute approximate surface area is 154 Å². The van der Waals surface area contributed by atoms with Crippen molar-refractivity contribution in [3.8, 4) is 11.3 Å². The molecular weight excluding hydrogens is 302 g/mol. The summed E-state index contributed by atoms with van der Waals surface area (Å²) in [6.07, 6.45) is 8.30. The highest BCUT2D eigenvalue weighted by atomic mass is 15.1. The molecule has 0 N–H and O–H groups in total. The van der Waals surface area contributed by atoms with Crippen molar-refractivity contribution in [2.45, 2.75) is 84.6 Å². The summed E-state index contributed by atoms with van der Waals surface area (Å²) in [4.78, 5) is 0. The number of unbranched alkanes of at least 4 members (excludes halogenated alkanes) is 1. The molecule has 0 aliphatic carbocycles. The van der Waals surface area contributed by atoms with Gasteiger partial charge in [0.2, 0.25) is 5.69 Å². The third kappa shape index (κ3) is 2.55. The molecule has 1 aromatic carbocycles. The Hall–Kier alpha value is -1.63. The number of nitrogens with zero attached hydrogens (tertiary/aromatic N) is 1. The van der Waals surface area contributed by atoms with E-state index in [-0.39, 0.29) is 11.0 Å². The van der Waals surface area contributed by atoms with Crippen LogP contribution in [0.1, 0.15) is 77.0 Å². The number of aromatic nitrogens is 1. The molecule has 0 saturated heterocycles. The minimum Gasteiger partial charge on any atom is -0.192 e. The fourth-order valence-electron chi connectivity index (χ4n) is 4.86. The van der Waals surface area contributed by atoms with Crippen LogP contribution < -0.4 is 4.57 Å². The van der Waals surface area contributed by atoms with E-state index in [9.17, 15) is 0 Å². The normalized spacial score (nSPS) is 24.7. The van der Waals surface area contributed by atoms with Crippen LogP contribution in [-0.2, 0) is 17.4 Å². The van der Waals surface area contributed by atoms with E-state index < -0.39 is 0 Å². The molecule has 2 aromatic rings. The van der Waals surface area contributed by atoms with Gasteiger partial charge in [0.05, 0.1) is 11.0 Å². The van der Waals surface area contributed by atoms with E-state index in [2.05, 4.69) is 82.6 Å². The summed E-state index contributed by atoms with van der Waals surface area (Å²) in [5, 5.41) is 0. The van der Waals surface area contributed by atoms with E-state index >= 15 is 0 Å². The average molecular weight is 337 g/mol. The highest BCUT2D eigenvalue weighted by Gasteiger charge is 2.56. The third-order valence-electron chi connectivity index (χ3n) is 7.06. The van der Waals surface area contributed by atoms with Gasteiger partial charge in [-0.1, -0.05) is 39.3 Å². The van der Waals surface area contributed by atoms with Gasteiger partial charge in [0.1, 0.15) is 0 Å². The highest BCUT2D eigenvalue weighted by molar-refractivity contribution is 5.68. The van der Waals surface area contributed by atoms with E-state index in [1.807, 2.05) is 0 Å². The molecule has 25 heavy (non-hydrogen) atoms. The van der Waals surface area contributed by atoms with Gasteiger partial charge < -0.3 is 0 Å². The molecular formula is C24H34N+. The fourth-order valence-corrected chi connectivity index (χ4v) is 4.86. The molecule has 1 aromatic heterocycles. The lowest BCUT2D eigenvalue weighted by Gasteiger charge is -2.46. The predicted octanol–water partition coefficient (Wildman–Crippen LogP) is 6.10. The fraction of sp³-hybridized carbons (Fsp3) is 0.542. The molecule has 0 spiro atoms. The molecule has 2 atom stereocenters. The van der Waals surface area contributed by atoms with E-state index in [4.69, 9.17) is 0 Å². The Morgan fingerprint density at radius 3 is 2.40 bits per heavy atom. The second-order valence-electron chi connectivity index (χ2n) is 8.21. The molecule has 0 amide bonds. The predicted molar refractivity (Wildman–Crippen MR) is 107 cm³/mol. The average Bonchev–Trinajstić information content (AvgIpc) is 2.64. The zero-order chi connectivity index (χ0) is 18.2. The van der Waals surface area contributed by atoms with Gasteiger partial charge in [0.25, 0.3) is 0 Å². The first-order valence-corrected chi connectivity index (χ1v) is 10.1. The van der Waals surface area contributed by atoms with Gasteiger partial charge >= 0.3 is 0 Å². The van der Waals surface area contributed by atoms with Crippen LogP contribution in [0.15, 0.2) is 36.5 Å². The van der Waals surface area contributed by atoms with Crippen LogP contribution in [0.2, 0.25) is 0 Å². The second kappa shape index (κ2) is 6.59. The SMILES string of the molecule is CCCCc1ccc2c(c1)-c1c(C)ccc[n+]1C(C)(CC)C2(C)CC. The van der Waals surface area contributed by atoms with E-state index in [0.29, 0.717) is 0 Å². The van der Waals surface area contributed by atoms with Gasteiger partial charge in [0.15, 0.2) is 11.7 Å². The van der Waals surface area contributed by atoms with Crippen molar-refractivity contribution in [1.82, 2.24) is 0 Å². The number of rotatable bonds is 5. The van der Waals surface area contributed by atoms with Crippen molar-refractivity contribution in [1.29, 1.82) is 0 Å². The van der Waals surface area contributed by atoms with Crippen LogP contribution in [0.25, 0.3) is 11.3 Å². The maximum absolute atomic E-state index is 2.58. The lowest BCUT2D eigenvalue weighted by atomic mass is 9.60. The number of pyridine rings is 1. The lowest BCUT2D eigenvalue weighted by molar-refractivity contribution is -0.765. The minimum absolute atomic E-state index is 0.0983. The smallest absolute Gasteiger partial charge is 0.192 e. The Morgan fingerprint density at radius 2 is 1.76 bits per heavy atom. The molecule has 1 heteroatoms. The summed E-state index contributed by atoms with van der Waals surface area (Å²) < 4.78 is 2.58. The molecule has 134 valence electrons. The monoisotopic (exact) mass is 336 g/mol. The van der Waals surface area contributed by atoms with Crippen molar-refractivity contribution in [3.05, 3.63) is 53.2 Å². The molecule has 0 fully saturated rings. The number of fused-ring (bicyclic) bond motifs is 3. The van der Waals surface area contributed by atoms with E-state index in [0.717, 1.165) is 12.8 Å². The molecule has 0 saturated carbocycles. The van der Waals surface area contributed by atoms with Crippen molar-refractivity contribution in [2.75, 3.05) is 0 Å². The van der Waals surface area contributed by atoms with Crippen LogP contribution in [0.5, 0.6) is 0 Å². The topological polar surface area (TPSA) is 3.88 Å². The van der Waals surface area contributed by atoms with Gasteiger partial charge in [-0.2, -0.15) is 4.57 Å². The van der Waals surface area contributed by atoms with Crippen molar-refractivity contribution in [2.24, 2.45) is 0 Å². The molecule has 0 bridgehead atoms. The van der Waals surface area contributed by atoms with Gasteiger partial charge in [-0.15, -0.1) is 0 Å². The quantitative estimate of drug-likeness (QED) is 0.581. The summed E-state index contributed by atoms with van der Waals surface area (Å²) in [6, 6.07) is 11.8. The van der Waals surface area contributed by atoms with Gasteiger partial charge in [-0.25, -0.2) is 0 Å². The Balaban J connectivity index is 2.32. The molecule has 1 aliphatic heterocycles. The minimum atomic E-state index is 0.0983. The first-order chi connectivity index (χ1) is 11.9.